The normalized spacial score (nSPS) is 11.5. The van der Waals surface area contributed by atoms with Gasteiger partial charge in [0, 0.05) is 11.5 Å². The number of nitro groups is 1. The van der Waals surface area contributed by atoms with Gasteiger partial charge >= 0.3 is 11.7 Å². The third-order valence-electron chi connectivity index (χ3n) is 2.32. The van der Waals surface area contributed by atoms with Crippen LogP contribution in [0, 0.1) is 10.1 Å². The van der Waals surface area contributed by atoms with Crippen molar-refractivity contribution in [2.75, 3.05) is 0 Å². The number of ether oxygens (including phenoxy) is 1. The molecule has 19 heavy (non-hydrogen) atoms. The third kappa shape index (κ3) is 2.73. The number of hydrogen-bond acceptors (Lipinski definition) is 5. The molecule has 100 valence electrons. The summed E-state index contributed by atoms with van der Waals surface area (Å²) in [6.45, 7) is 5.20. The van der Waals surface area contributed by atoms with Gasteiger partial charge in [0.05, 0.1) is 4.92 Å². The summed E-state index contributed by atoms with van der Waals surface area (Å²) in [5.74, 6) is -0.683. The number of hydrogen-bond donors (Lipinski definition) is 0. The molecule has 0 aliphatic rings. The molecule has 0 saturated carbocycles. The average molecular weight is 263 g/mol. The molecule has 1 heterocycles. The van der Waals surface area contributed by atoms with E-state index in [9.17, 15) is 14.9 Å². The van der Waals surface area contributed by atoms with Gasteiger partial charge in [0.2, 0.25) is 11.3 Å². The van der Waals surface area contributed by atoms with Gasteiger partial charge in [-0.25, -0.2) is 4.79 Å². The van der Waals surface area contributed by atoms with Crippen molar-refractivity contribution < 1.29 is 18.9 Å². The molecule has 0 aliphatic carbocycles. The molecular weight excluding hydrogens is 250 g/mol. The molecule has 2 rings (SSSR count). The van der Waals surface area contributed by atoms with E-state index in [1.807, 2.05) is 0 Å². The monoisotopic (exact) mass is 263 g/mol. The van der Waals surface area contributed by atoms with Crippen LogP contribution >= 0.6 is 0 Å². The van der Waals surface area contributed by atoms with Crippen LogP contribution in [0.25, 0.3) is 11.0 Å². The lowest BCUT2D eigenvalue weighted by Crippen LogP contribution is -2.23. The van der Waals surface area contributed by atoms with E-state index in [0.29, 0.717) is 5.39 Å². The van der Waals surface area contributed by atoms with E-state index in [1.54, 1.807) is 26.8 Å². The summed E-state index contributed by atoms with van der Waals surface area (Å²) in [4.78, 5) is 22.1. The molecule has 0 atom stereocenters. The maximum Gasteiger partial charge on any atom is 0.374 e. The Bertz CT molecular complexity index is 651. The second-order valence-electron chi connectivity index (χ2n) is 5.07. The molecule has 0 fully saturated rings. The molecule has 2 aromatic rings. The van der Waals surface area contributed by atoms with Crippen molar-refractivity contribution >= 4 is 22.6 Å². The van der Waals surface area contributed by atoms with Crippen LogP contribution in [-0.2, 0) is 4.74 Å². The van der Waals surface area contributed by atoms with E-state index in [2.05, 4.69) is 0 Å². The Balaban J connectivity index is 2.45. The number of para-hydroxylation sites is 1. The van der Waals surface area contributed by atoms with Gasteiger partial charge in [0.1, 0.15) is 5.60 Å². The molecule has 1 aromatic carbocycles. The number of benzene rings is 1. The minimum atomic E-state index is -0.651. The fourth-order valence-electron chi connectivity index (χ4n) is 1.62. The zero-order valence-electron chi connectivity index (χ0n) is 10.8. The van der Waals surface area contributed by atoms with Crippen LogP contribution in [0.3, 0.4) is 0 Å². The molecule has 0 amide bonds. The maximum absolute atomic E-state index is 11.8. The number of rotatable bonds is 2. The van der Waals surface area contributed by atoms with E-state index in [-0.39, 0.29) is 17.0 Å². The highest BCUT2D eigenvalue weighted by atomic mass is 16.6. The lowest BCUT2D eigenvalue weighted by atomic mass is 10.2. The molecule has 6 heteroatoms. The number of nitrogens with zero attached hydrogens (tertiary/aromatic N) is 1. The highest BCUT2D eigenvalue weighted by molar-refractivity contribution is 5.95. The number of furan rings is 1. The molecule has 6 nitrogen and oxygen atoms in total. The molecule has 1 aromatic heterocycles. The maximum atomic E-state index is 11.8. The minimum Gasteiger partial charge on any atom is -0.454 e. The zero-order chi connectivity index (χ0) is 14.2. The zero-order valence-corrected chi connectivity index (χ0v) is 10.8. The van der Waals surface area contributed by atoms with Crippen molar-refractivity contribution in [2.45, 2.75) is 26.4 Å². The smallest absolute Gasteiger partial charge is 0.374 e. The predicted molar refractivity (Wildman–Crippen MR) is 68.0 cm³/mol. The largest absolute Gasteiger partial charge is 0.454 e. The topological polar surface area (TPSA) is 82.6 Å². The Kier molecular flexibility index (Phi) is 3.01. The van der Waals surface area contributed by atoms with Crippen LogP contribution in [0.15, 0.2) is 28.7 Å². The van der Waals surface area contributed by atoms with Gasteiger partial charge in [-0.3, -0.25) is 10.1 Å². The Hall–Kier alpha value is -2.37. The number of non-ortho nitro benzene ring substituents is 1. The van der Waals surface area contributed by atoms with Crippen LogP contribution < -0.4 is 0 Å². The number of carbonyl (C=O) groups is 1. The van der Waals surface area contributed by atoms with Gasteiger partial charge in [-0.1, -0.05) is 12.1 Å². The van der Waals surface area contributed by atoms with E-state index in [1.165, 1.54) is 18.2 Å². The number of fused-ring (bicyclic) bond motifs is 1. The van der Waals surface area contributed by atoms with E-state index in [4.69, 9.17) is 9.15 Å². The summed E-state index contributed by atoms with van der Waals surface area (Å²) in [6, 6.07) is 5.94. The molecule has 0 unspecified atom stereocenters. The quantitative estimate of drug-likeness (QED) is 0.471. The van der Waals surface area contributed by atoms with Crippen molar-refractivity contribution in [1.82, 2.24) is 0 Å². The van der Waals surface area contributed by atoms with Gasteiger partial charge in [0.25, 0.3) is 0 Å². The summed E-state index contributed by atoms with van der Waals surface area (Å²) in [5.41, 5.74) is -0.747. The van der Waals surface area contributed by atoms with Crippen molar-refractivity contribution in [2.24, 2.45) is 0 Å². The minimum absolute atomic E-state index is 0.0424. The van der Waals surface area contributed by atoms with Crippen LogP contribution in [0.4, 0.5) is 5.69 Å². The Morgan fingerprint density at radius 1 is 1.37 bits per heavy atom. The Morgan fingerprint density at radius 2 is 2.05 bits per heavy atom. The summed E-state index contributed by atoms with van der Waals surface area (Å²) < 4.78 is 10.4. The molecule has 0 saturated heterocycles. The number of esters is 1. The second kappa shape index (κ2) is 4.38. The summed E-state index contributed by atoms with van der Waals surface area (Å²) >= 11 is 0. The molecular formula is C13H13NO5. The van der Waals surface area contributed by atoms with Crippen LogP contribution in [-0.4, -0.2) is 16.5 Å². The first-order valence-electron chi connectivity index (χ1n) is 5.68. The molecule has 0 N–H and O–H groups in total. The van der Waals surface area contributed by atoms with Crippen molar-refractivity contribution in [1.29, 1.82) is 0 Å². The average Bonchev–Trinajstić information content (AvgIpc) is 2.69. The highest BCUT2D eigenvalue weighted by Crippen LogP contribution is 2.29. The van der Waals surface area contributed by atoms with E-state index < -0.39 is 16.5 Å². The van der Waals surface area contributed by atoms with E-state index >= 15 is 0 Å². The SMILES string of the molecule is CC(C)(C)OC(=O)c1cc2cccc([N+](=O)[O-])c2o1. The summed E-state index contributed by atoms with van der Waals surface area (Å²) in [5, 5.41) is 11.3. The standard InChI is InChI=1S/C13H13NO5/c1-13(2,3)19-12(15)10-7-8-5-4-6-9(14(16)17)11(8)18-10/h4-7H,1-3H3. The fraction of sp³-hybridized carbons (Fsp3) is 0.308. The van der Waals surface area contributed by atoms with Crippen molar-refractivity contribution in [3.05, 3.63) is 40.1 Å². The lowest BCUT2D eigenvalue weighted by molar-refractivity contribution is -0.383. The summed E-state index contributed by atoms with van der Waals surface area (Å²) in [7, 11) is 0. The second-order valence-corrected chi connectivity index (χ2v) is 5.07. The first-order valence-corrected chi connectivity index (χ1v) is 5.68. The lowest BCUT2D eigenvalue weighted by Gasteiger charge is -2.18. The Labute approximate surface area is 109 Å². The predicted octanol–water partition coefficient (Wildman–Crippen LogP) is 3.30. The van der Waals surface area contributed by atoms with Gasteiger partial charge < -0.3 is 9.15 Å². The first-order chi connectivity index (χ1) is 8.78. The molecule has 0 aliphatic heterocycles. The Morgan fingerprint density at radius 3 is 2.63 bits per heavy atom. The number of carbonyl (C=O) groups excluding carboxylic acids is 1. The van der Waals surface area contributed by atoms with Gasteiger partial charge in [0.15, 0.2) is 0 Å². The van der Waals surface area contributed by atoms with Gasteiger partial charge in [-0.2, -0.15) is 0 Å². The van der Waals surface area contributed by atoms with Gasteiger partial charge in [-0.15, -0.1) is 0 Å². The summed E-state index contributed by atoms with van der Waals surface area (Å²) in [6.07, 6.45) is 0. The van der Waals surface area contributed by atoms with Crippen LogP contribution in [0.2, 0.25) is 0 Å². The third-order valence-corrected chi connectivity index (χ3v) is 2.32. The first kappa shape index (κ1) is 13.1. The van der Waals surface area contributed by atoms with Crippen LogP contribution in [0.5, 0.6) is 0 Å². The fourth-order valence-corrected chi connectivity index (χ4v) is 1.62. The highest BCUT2D eigenvalue weighted by Gasteiger charge is 2.23. The van der Waals surface area contributed by atoms with Crippen molar-refractivity contribution in [3.63, 3.8) is 0 Å². The molecule has 0 bridgehead atoms. The van der Waals surface area contributed by atoms with Crippen molar-refractivity contribution in [3.8, 4) is 0 Å². The van der Waals surface area contributed by atoms with E-state index in [0.717, 1.165) is 0 Å². The number of nitro benzene ring substituents is 1. The van der Waals surface area contributed by atoms with Crippen LogP contribution in [0.1, 0.15) is 31.3 Å². The van der Waals surface area contributed by atoms with Gasteiger partial charge in [-0.05, 0) is 26.8 Å². The molecule has 0 radical (unpaired) electrons. The molecule has 0 spiro atoms.